The molecule has 1 amide bonds. The van der Waals surface area contributed by atoms with E-state index in [0.29, 0.717) is 6.04 Å². The molecule has 0 saturated heterocycles. The molecular weight excluding hydrogens is 320 g/mol. The number of amides is 1. The van der Waals surface area contributed by atoms with E-state index >= 15 is 0 Å². The largest absolute Gasteiger partial charge is 0.331 e. The lowest BCUT2D eigenvalue weighted by Gasteiger charge is -2.30. The second-order valence-electron chi connectivity index (χ2n) is 8.02. The van der Waals surface area contributed by atoms with Gasteiger partial charge in [0.15, 0.2) is 0 Å². The van der Waals surface area contributed by atoms with Crippen molar-refractivity contribution >= 4 is 5.91 Å². The van der Waals surface area contributed by atoms with E-state index in [4.69, 9.17) is 0 Å². The molecule has 0 N–H and O–H groups in total. The van der Waals surface area contributed by atoms with Crippen LogP contribution in [0, 0.1) is 20.8 Å². The van der Waals surface area contributed by atoms with Gasteiger partial charge in [0.25, 0.3) is 5.91 Å². The summed E-state index contributed by atoms with van der Waals surface area (Å²) in [6, 6.07) is 6.79. The van der Waals surface area contributed by atoms with Crippen molar-refractivity contribution in [1.82, 2.24) is 9.88 Å². The number of aryl methyl sites for hydroxylation is 1. The molecule has 2 heterocycles. The average molecular weight is 348 g/mol. The molecule has 136 valence electrons. The number of carbonyl (C=O) groups is 1. The smallest absolute Gasteiger partial charge is 0.254 e. The fourth-order valence-electron chi connectivity index (χ4n) is 4.52. The summed E-state index contributed by atoms with van der Waals surface area (Å²) in [5, 5.41) is 0. The minimum absolute atomic E-state index is 0.248. The van der Waals surface area contributed by atoms with Crippen LogP contribution in [0.1, 0.15) is 76.0 Å². The second-order valence-corrected chi connectivity index (χ2v) is 8.02. The minimum Gasteiger partial charge on any atom is -0.331 e. The Morgan fingerprint density at radius 3 is 2.54 bits per heavy atom. The fourth-order valence-corrected chi connectivity index (χ4v) is 4.52. The van der Waals surface area contributed by atoms with Gasteiger partial charge in [-0.3, -0.25) is 9.78 Å². The molecule has 3 heteroatoms. The average Bonchev–Trinajstić information content (AvgIpc) is 2.99. The lowest BCUT2D eigenvalue weighted by atomic mass is 9.91. The summed E-state index contributed by atoms with van der Waals surface area (Å²) in [7, 11) is 0. The van der Waals surface area contributed by atoms with E-state index in [1.54, 1.807) is 0 Å². The summed E-state index contributed by atoms with van der Waals surface area (Å²) >= 11 is 0. The summed E-state index contributed by atoms with van der Waals surface area (Å²) in [6.07, 6.45) is 8.96. The normalized spacial score (nSPS) is 17.7. The van der Waals surface area contributed by atoms with Crippen molar-refractivity contribution in [3.8, 4) is 0 Å². The minimum atomic E-state index is 0.248. The van der Waals surface area contributed by atoms with Crippen molar-refractivity contribution in [3.05, 3.63) is 63.5 Å². The van der Waals surface area contributed by atoms with Gasteiger partial charge in [-0.1, -0.05) is 25.3 Å². The molecule has 4 rings (SSSR count). The Morgan fingerprint density at radius 1 is 1.08 bits per heavy atom. The van der Waals surface area contributed by atoms with Gasteiger partial charge in [-0.2, -0.15) is 0 Å². The molecule has 0 spiro atoms. The van der Waals surface area contributed by atoms with Gasteiger partial charge in [0.05, 0.1) is 0 Å². The van der Waals surface area contributed by atoms with Crippen LogP contribution in [0.15, 0.2) is 24.4 Å². The van der Waals surface area contributed by atoms with Crippen LogP contribution in [0.2, 0.25) is 0 Å². The Labute approximate surface area is 156 Å². The summed E-state index contributed by atoms with van der Waals surface area (Å²) in [4.78, 5) is 19.7. The zero-order valence-electron chi connectivity index (χ0n) is 16.1. The molecule has 3 nitrogen and oxygen atoms in total. The molecule has 0 bridgehead atoms. The molecule has 1 aromatic carbocycles. The monoisotopic (exact) mass is 348 g/mol. The SMILES string of the molecule is Cc1ccc(Cc2cc3c(c(C)c2C)CN(C2CCCCC2)C3=O)cn1. The first-order valence-electron chi connectivity index (χ1n) is 9.89. The van der Waals surface area contributed by atoms with Crippen LogP contribution in [0.3, 0.4) is 0 Å². The molecule has 1 saturated carbocycles. The van der Waals surface area contributed by atoms with Crippen LogP contribution < -0.4 is 0 Å². The van der Waals surface area contributed by atoms with Crippen molar-refractivity contribution in [3.63, 3.8) is 0 Å². The van der Waals surface area contributed by atoms with Crippen LogP contribution >= 0.6 is 0 Å². The highest BCUT2D eigenvalue weighted by molar-refractivity contribution is 5.99. The first-order chi connectivity index (χ1) is 12.5. The third-order valence-corrected chi connectivity index (χ3v) is 6.34. The highest BCUT2D eigenvalue weighted by Gasteiger charge is 2.35. The lowest BCUT2D eigenvalue weighted by molar-refractivity contribution is 0.0660. The molecule has 26 heavy (non-hydrogen) atoms. The predicted octanol–water partition coefficient (Wildman–Crippen LogP) is 4.89. The number of nitrogens with zero attached hydrogens (tertiary/aromatic N) is 2. The third-order valence-electron chi connectivity index (χ3n) is 6.34. The number of fused-ring (bicyclic) bond motifs is 1. The van der Waals surface area contributed by atoms with Gasteiger partial charge in [0.1, 0.15) is 0 Å². The van der Waals surface area contributed by atoms with Gasteiger partial charge in [-0.25, -0.2) is 0 Å². The molecule has 2 aliphatic rings. The highest BCUT2D eigenvalue weighted by atomic mass is 16.2. The summed E-state index contributed by atoms with van der Waals surface area (Å²) < 4.78 is 0. The molecule has 0 atom stereocenters. The summed E-state index contributed by atoms with van der Waals surface area (Å²) in [5.41, 5.74) is 8.30. The molecule has 1 aromatic heterocycles. The molecule has 1 aliphatic carbocycles. The standard InChI is InChI=1S/C23H28N2O/c1-15-9-10-18(13-24-15)11-19-12-21-22(17(3)16(19)2)14-25(23(21)26)20-7-5-4-6-8-20/h9-10,12-13,20H,4-8,11,14H2,1-3H3. The predicted molar refractivity (Wildman–Crippen MR) is 104 cm³/mol. The highest BCUT2D eigenvalue weighted by Crippen LogP contribution is 2.35. The van der Waals surface area contributed by atoms with E-state index in [2.05, 4.69) is 41.9 Å². The van der Waals surface area contributed by atoms with E-state index in [9.17, 15) is 4.79 Å². The van der Waals surface area contributed by atoms with E-state index in [1.807, 2.05) is 13.1 Å². The molecule has 2 aromatic rings. The second kappa shape index (κ2) is 6.86. The summed E-state index contributed by atoms with van der Waals surface area (Å²) in [6.45, 7) is 7.19. The fraction of sp³-hybridized carbons (Fsp3) is 0.478. The summed E-state index contributed by atoms with van der Waals surface area (Å²) in [5.74, 6) is 0.248. The molecular formula is C23H28N2O. The van der Waals surface area contributed by atoms with E-state index in [-0.39, 0.29) is 5.91 Å². The van der Waals surface area contributed by atoms with E-state index < -0.39 is 0 Å². The van der Waals surface area contributed by atoms with Crippen LogP contribution in [-0.4, -0.2) is 21.8 Å². The first-order valence-corrected chi connectivity index (χ1v) is 9.89. The van der Waals surface area contributed by atoms with Crippen LogP contribution in [0.5, 0.6) is 0 Å². The maximum atomic E-state index is 13.1. The first kappa shape index (κ1) is 17.3. The number of aromatic nitrogens is 1. The zero-order valence-corrected chi connectivity index (χ0v) is 16.1. The van der Waals surface area contributed by atoms with Gasteiger partial charge in [-0.15, -0.1) is 0 Å². The lowest BCUT2D eigenvalue weighted by Crippen LogP contribution is -2.36. The van der Waals surface area contributed by atoms with Crippen molar-refractivity contribution in [2.45, 2.75) is 71.9 Å². The molecule has 1 aliphatic heterocycles. The maximum Gasteiger partial charge on any atom is 0.254 e. The number of pyridine rings is 1. The van der Waals surface area contributed by atoms with Gasteiger partial charge in [0.2, 0.25) is 0 Å². The van der Waals surface area contributed by atoms with Crippen molar-refractivity contribution < 1.29 is 4.79 Å². The van der Waals surface area contributed by atoms with Crippen LogP contribution in [0.4, 0.5) is 0 Å². The Bertz CT molecular complexity index is 832. The van der Waals surface area contributed by atoms with Crippen LogP contribution in [-0.2, 0) is 13.0 Å². The molecule has 0 unspecified atom stereocenters. The van der Waals surface area contributed by atoms with Gasteiger partial charge in [0, 0.05) is 30.0 Å². The van der Waals surface area contributed by atoms with Crippen molar-refractivity contribution in [1.29, 1.82) is 0 Å². The Hall–Kier alpha value is -2.16. The van der Waals surface area contributed by atoms with Crippen LogP contribution in [0.25, 0.3) is 0 Å². The Balaban J connectivity index is 1.64. The molecule has 1 fully saturated rings. The quantitative estimate of drug-likeness (QED) is 0.791. The maximum absolute atomic E-state index is 13.1. The van der Waals surface area contributed by atoms with Crippen molar-refractivity contribution in [2.24, 2.45) is 0 Å². The number of hydrogen-bond acceptors (Lipinski definition) is 2. The topological polar surface area (TPSA) is 33.2 Å². The Kier molecular flexibility index (Phi) is 4.56. The number of rotatable bonds is 3. The Morgan fingerprint density at radius 2 is 1.85 bits per heavy atom. The van der Waals surface area contributed by atoms with E-state index in [1.165, 1.54) is 59.9 Å². The molecule has 0 radical (unpaired) electrons. The van der Waals surface area contributed by atoms with Gasteiger partial charge < -0.3 is 4.90 Å². The van der Waals surface area contributed by atoms with Crippen molar-refractivity contribution in [2.75, 3.05) is 0 Å². The van der Waals surface area contributed by atoms with E-state index in [0.717, 1.165) is 24.2 Å². The third kappa shape index (κ3) is 3.04. The van der Waals surface area contributed by atoms with Gasteiger partial charge in [-0.05, 0) is 80.0 Å². The number of carbonyl (C=O) groups excluding carboxylic acids is 1. The number of hydrogen-bond donors (Lipinski definition) is 0. The number of benzene rings is 1. The zero-order chi connectivity index (χ0) is 18.3. The van der Waals surface area contributed by atoms with Gasteiger partial charge >= 0.3 is 0 Å².